The highest BCUT2D eigenvalue weighted by Gasteiger charge is 2.11. The third-order valence-electron chi connectivity index (χ3n) is 1.80. The van der Waals surface area contributed by atoms with E-state index in [1.807, 2.05) is 0 Å². The van der Waals surface area contributed by atoms with Gasteiger partial charge >= 0.3 is 0 Å². The van der Waals surface area contributed by atoms with Crippen LogP contribution >= 0.6 is 22.6 Å². The Kier molecular flexibility index (Phi) is 5.72. The Balaban J connectivity index is 3.28. The molecule has 1 nitrogen and oxygen atoms in total. The van der Waals surface area contributed by atoms with Gasteiger partial charge in [-0.1, -0.05) is 29.5 Å². The molecule has 0 fully saturated rings. The normalized spacial score (nSPS) is 12.0. The summed E-state index contributed by atoms with van der Waals surface area (Å²) in [6.45, 7) is 7.88. The van der Waals surface area contributed by atoms with Crippen LogP contribution in [-0.4, -0.2) is 16.5 Å². The lowest BCUT2D eigenvalue weighted by atomic mass is 10.0. The average molecular weight is 255 g/mol. The maximum atomic E-state index is 3.50. The second kappa shape index (κ2) is 5.35. The standard InChI is InChI=1S/C8H18IN/c1-4-8(2,3)10-7-5-6-9/h10H,4-7H2,1-3H3. The molecule has 0 aromatic rings. The molecule has 0 aliphatic rings. The van der Waals surface area contributed by atoms with Gasteiger partial charge in [0.1, 0.15) is 0 Å². The van der Waals surface area contributed by atoms with E-state index in [0.717, 1.165) is 6.54 Å². The van der Waals surface area contributed by atoms with Gasteiger partial charge in [0.2, 0.25) is 0 Å². The third kappa shape index (κ3) is 5.47. The Bertz CT molecular complexity index is 81.3. The van der Waals surface area contributed by atoms with Crippen molar-refractivity contribution in [3.05, 3.63) is 0 Å². The predicted octanol–water partition coefficient (Wildman–Crippen LogP) is 2.59. The first-order chi connectivity index (χ1) is 4.62. The van der Waals surface area contributed by atoms with Crippen LogP contribution in [0.15, 0.2) is 0 Å². The van der Waals surface area contributed by atoms with E-state index in [-0.39, 0.29) is 0 Å². The van der Waals surface area contributed by atoms with Crippen LogP contribution < -0.4 is 5.32 Å². The van der Waals surface area contributed by atoms with E-state index in [9.17, 15) is 0 Å². The molecule has 0 spiro atoms. The van der Waals surface area contributed by atoms with E-state index in [0.29, 0.717) is 5.54 Å². The third-order valence-corrected chi connectivity index (χ3v) is 2.56. The smallest absolute Gasteiger partial charge is 0.0122 e. The molecule has 2 heteroatoms. The first-order valence-electron chi connectivity index (χ1n) is 3.93. The van der Waals surface area contributed by atoms with E-state index in [1.54, 1.807) is 0 Å². The van der Waals surface area contributed by atoms with Crippen LogP contribution in [0, 0.1) is 0 Å². The Labute approximate surface area is 78.1 Å². The molecule has 0 saturated heterocycles. The van der Waals surface area contributed by atoms with Gasteiger partial charge in [-0.2, -0.15) is 0 Å². The second-order valence-electron chi connectivity index (χ2n) is 3.21. The van der Waals surface area contributed by atoms with Crippen LogP contribution in [0.25, 0.3) is 0 Å². The van der Waals surface area contributed by atoms with Gasteiger partial charge in [-0.25, -0.2) is 0 Å². The van der Waals surface area contributed by atoms with Crippen molar-refractivity contribution >= 4 is 22.6 Å². The Hall–Kier alpha value is 0.690. The molecular formula is C8H18IN. The van der Waals surface area contributed by atoms with Crippen LogP contribution in [-0.2, 0) is 0 Å². The van der Waals surface area contributed by atoms with Crippen molar-refractivity contribution in [3.8, 4) is 0 Å². The number of rotatable bonds is 5. The topological polar surface area (TPSA) is 12.0 Å². The fourth-order valence-electron chi connectivity index (χ4n) is 0.619. The molecule has 0 aliphatic carbocycles. The van der Waals surface area contributed by atoms with E-state index < -0.39 is 0 Å². The van der Waals surface area contributed by atoms with Crippen LogP contribution in [0.5, 0.6) is 0 Å². The minimum atomic E-state index is 0.339. The van der Waals surface area contributed by atoms with Crippen LogP contribution in [0.3, 0.4) is 0 Å². The highest BCUT2D eigenvalue weighted by molar-refractivity contribution is 14.1. The largest absolute Gasteiger partial charge is 0.312 e. The SMILES string of the molecule is CCC(C)(C)NCCCI. The van der Waals surface area contributed by atoms with Gasteiger partial charge in [0, 0.05) is 9.97 Å². The molecule has 0 radical (unpaired) electrons. The summed E-state index contributed by atoms with van der Waals surface area (Å²) >= 11 is 2.41. The molecular weight excluding hydrogens is 237 g/mol. The van der Waals surface area contributed by atoms with Gasteiger partial charge in [0.15, 0.2) is 0 Å². The van der Waals surface area contributed by atoms with Crippen molar-refractivity contribution in [2.45, 2.75) is 39.2 Å². The Morgan fingerprint density at radius 1 is 1.40 bits per heavy atom. The first kappa shape index (κ1) is 10.7. The molecule has 1 N–H and O–H groups in total. The summed E-state index contributed by atoms with van der Waals surface area (Å²) in [5, 5.41) is 3.50. The van der Waals surface area contributed by atoms with E-state index >= 15 is 0 Å². The predicted molar refractivity (Wildman–Crippen MR) is 55.9 cm³/mol. The number of nitrogens with one attached hydrogen (secondary N) is 1. The van der Waals surface area contributed by atoms with Crippen LogP contribution in [0.1, 0.15) is 33.6 Å². The number of hydrogen-bond acceptors (Lipinski definition) is 1. The molecule has 0 heterocycles. The zero-order chi connectivity index (χ0) is 8.04. The molecule has 0 amide bonds. The molecule has 0 atom stereocenters. The van der Waals surface area contributed by atoms with Gasteiger partial charge in [-0.15, -0.1) is 0 Å². The lowest BCUT2D eigenvalue weighted by Gasteiger charge is -2.24. The molecule has 0 aromatic carbocycles. The Morgan fingerprint density at radius 3 is 2.40 bits per heavy atom. The van der Waals surface area contributed by atoms with Gasteiger partial charge in [0.05, 0.1) is 0 Å². The number of halogens is 1. The maximum Gasteiger partial charge on any atom is 0.0122 e. The van der Waals surface area contributed by atoms with Crippen molar-refractivity contribution in [2.75, 3.05) is 11.0 Å². The van der Waals surface area contributed by atoms with E-state index in [2.05, 4.69) is 48.7 Å². The van der Waals surface area contributed by atoms with E-state index in [4.69, 9.17) is 0 Å². The molecule has 0 aromatic heterocycles. The van der Waals surface area contributed by atoms with Crippen molar-refractivity contribution in [3.63, 3.8) is 0 Å². The summed E-state index contributed by atoms with van der Waals surface area (Å²) in [5.41, 5.74) is 0.339. The van der Waals surface area contributed by atoms with Crippen molar-refractivity contribution in [2.24, 2.45) is 0 Å². The molecule has 62 valence electrons. The summed E-state index contributed by atoms with van der Waals surface area (Å²) in [5.74, 6) is 0. The van der Waals surface area contributed by atoms with Gasteiger partial charge in [-0.05, 0) is 33.2 Å². The molecule has 0 saturated carbocycles. The number of alkyl halides is 1. The maximum absolute atomic E-state index is 3.50. The quantitative estimate of drug-likeness (QED) is 0.452. The van der Waals surface area contributed by atoms with Crippen molar-refractivity contribution < 1.29 is 0 Å². The summed E-state index contributed by atoms with van der Waals surface area (Å²) in [4.78, 5) is 0. The average Bonchev–Trinajstić information content (AvgIpc) is 1.89. The van der Waals surface area contributed by atoms with Gasteiger partial charge < -0.3 is 5.32 Å². The highest BCUT2D eigenvalue weighted by Crippen LogP contribution is 2.06. The summed E-state index contributed by atoms with van der Waals surface area (Å²) < 4.78 is 1.25. The highest BCUT2D eigenvalue weighted by atomic mass is 127. The van der Waals surface area contributed by atoms with Crippen LogP contribution in [0.4, 0.5) is 0 Å². The Morgan fingerprint density at radius 2 is 2.00 bits per heavy atom. The molecule has 0 unspecified atom stereocenters. The zero-order valence-electron chi connectivity index (χ0n) is 7.21. The fraction of sp³-hybridized carbons (Fsp3) is 1.00. The summed E-state index contributed by atoms with van der Waals surface area (Å²) in [6, 6.07) is 0. The summed E-state index contributed by atoms with van der Waals surface area (Å²) in [7, 11) is 0. The monoisotopic (exact) mass is 255 g/mol. The van der Waals surface area contributed by atoms with Crippen molar-refractivity contribution in [1.29, 1.82) is 0 Å². The minimum Gasteiger partial charge on any atom is -0.312 e. The van der Waals surface area contributed by atoms with Crippen molar-refractivity contribution in [1.82, 2.24) is 5.32 Å². The van der Waals surface area contributed by atoms with Gasteiger partial charge in [0.25, 0.3) is 0 Å². The lowest BCUT2D eigenvalue weighted by molar-refractivity contribution is 0.378. The second-order valence-corrected chi connectivity index (χ2v) is 4.29. The lowest BCUT2D eigenvalue weighted by Crippen LogP contribution is -2.39. The molecule has 0 rings (SSSR count). The minimum absolute atomic E-state index is 0.339. The molecule has 10 heavy (non-hydrogen) atoms. The van der Waals surface area contributed by atoms with Gasteiger partial charge in [-0.3, -0.25) is 0 Å². The van der Waals surface area contributed by atoms with E-state index in [1.165, 1.54) is 17.3 Å². The van der Waals surface area contributed by atoms with Crippen LogP contribution in [0.2, 0.25) is 0 Å². The summed E-state index contributed by atoms with van der Waals surface area (Å²) in [6.07, 6.45) is 2.48. The molecule has 0 aliphatic heterocycles. The zero-order valence-corrected chi connectivity index (χ0v) is 9.36. The number of hydrogen-bond donors (Lipinski definition) is 1. The fourth-order valence-corrected chi connectivity index (χ4v) is 1.000. The first-order valence-corrected chi connectivity index (χ1v) is 5.46. The molecule has 0 bridgehead atoms.